The summed E-state index contributed by atoms with van der Waals surface area (Å²) in [7, 11) is 0. The summed E-state index contributed by atoms with van der Waals surface area (Å²) in [4.78, 5) is 14.3. The molecule has 2 heterocycles. The molecule has 0 radical (unpaired) electrons. The molecule has 1 aliphatic heterocycles. The zero-order valence-electron chi connectivity index (χ0n) is 17.2. The maximum atomic E-state index is 13.0. The third kappa shape index (κ3) is 4.66. The summed E-state index contributed by atoms with van der Waals surface area (Å²) in [5.74, 6) is -0.413. The van der Waals surface area contributed by atoms with Crippen LogP contribution in [0.4, 0.5) is 10.1 Å². The second-order valence-electron chi connectivity index (χ2n) is 7.71. The standard InChI is InChI=1S/C24H25FN4O/c1-17-3-8-23(13-18(17)2)29-15-20(14-26-29)19-9-11-28(12-10-19)16-24(30)27-22-6-4-21(25)5-7-22/h3-9,13-15H,10-12,16H2,1-2H3,(H,27,30). The number of rotatable bonds is 5. The van der Waals surface area contributed by atoms with Gasteiger partial charge in [-0.05, 0) is 73.4 Å². The minimum absolute atomic E-state index is 0.0963. The number of hydrogen-bond acceptors (Lipinski definition) is 3. The van der Waals surface area contributed by atoms with Gasteiger partial charge in [0.2, 0.25) is 5.91 Å². The molecule has 4 rings (SSSR count). The van der Waals surface area contributed by atoms with Gasteiger partial charge >= 0.3 is 0 Å². The Kier molecular flexibility index (Phi) is 5.77. The highest BCUT2D eigenvalue weighted by atomic mass is 19.1. The molecule has 0 spiro atoms. The summed E-state index contributed by atoms with van der Waals surface area (Å²) in [6.07, 6.45) is 6.99. The first-order valence-corrected chi connectivity index (χ1v) is 10.1. The zero-order valence-corrected chi connectivity index (χ0v) is 17.2. The van der Waals surface area contributed by atoms with Crippen LogP contribution in [0.2, 0.25) is 0 Å². The van der Waals surface area contributed by atoms with E-state index in [0.29, 0.717) is 18.8 Å². The van der Waals surface area contributed by atoms with E-state index in [2.05, 4.69) is 59.6 Å². The van der Waals surface area contributed by atoms with Crippen LogP contribution >= 0.6 is 0 Å². The molecule has 0 unspecified atom stereocenters. The molecule has 1 aromatic heterocycles. The molecule has 30 heavy (non-hydrogen) atoms. The second kappa shape index (κ2) is 8.63. The van der Waals surface area contributed by atoms with Gasteiger partial charge in [-0.25, -0.2) is 9.07 Å². The number of anilines is 1. The fourth-order valence-corrected chi connectivity index (χ4v) is 3.55. The Labute approximate surface area is 175 Å². The van der Waals surface area contributed by atoms with E-state index in [1.807, 2.05) is 10.9 Å². The molecule has 2 aromatic carbocycles. The number of carbonyl (C=O) groups excluding carboxylic acids is 1. The fourth-order valence-electron chi connectivity index (χ4n) is 3.55. The first-order valence-electron chi connectivity index (χ1n) is 10.1. The summed E-state index contributed by atoms with van der Waals surface area (Å²) < 4.78 is 14.9. The Morgan fingerprint density at radius 3 is 2.63 bits per heavy atom. The number of hydrogen-bond donors (Lipinski definition) is 1. The van der Waals surface area contributed by atoms with E-state index in [1.165, 1.54) is 28.8 Å². The van der Waals surface area contributed by atoms with Crippen LogP contribution in [0.25, 0.3) is 11.3 Å². The summed E-state index contributed by atoms with van der Waals surface area (Å²) in [5.41, 5.74) is 6.54. The van der Waals surface area contributed by atoms with Gasteiger partial charge < -0.3 is 5.32 Å². The minimum atomic E-state index is -0.317. The minimum Gasteiger partial charge on any atom is -0.325 e. The number of aromatic nitrogens is 2. The first-order chi connectivity index (χ1) is 14.5. The van der Waals surface area contributed by atoms with E-state index in [-0.39, 0.29) is 11.7 Å². The van der Waals surface area contributed by atoms with Crippen molar-refractivity contribution in [2.75, 3.05) is 25.0 Å². The molecule has 1 N–H and O–H groups in total. The van der Waals surface area contributed by atoms with E-state index >= 15 is 0 Å². The SMILES string of the molecule is Cc1ccc(-n2cc(C3=CCN(CC(=O)Nc4ccc(F)cc4)CC3)cn2)cc1C. The van der Waals surface area contributed by atoms with Gasteiger partial charge in [-0.3, -0.25) is 9.69 Å². The van der Waals surface area contributed by atoms with Gasteiger partial charge in [0.25, 0.3) is 0 Å². The molecule has 5 nitrogen and oxygen atoms in total. The number of nitrogens with zero attached hydrogens (tertiary/aromatic N) is 3. The van der Waals surface area contributed by atoms with Crippen molar-refractivity contribution in [1.29, 1.82) is 0 Å². The molecular weight excluding hydrogens is 379 g/mol. The molecular formula is C24H25FN4O. The summed E-state index contributed by atoms with van der Waals surface area (Å²) in [6.45, 7) is 6.03. The lowest BCUT2D eigenvalue weighted by atomic mass is 10.0. The molecule has 0 fully saturated rings. The zero-order chi connectivity index (χ0) is 21.1. The third-order valence-corrected chi connectivity index (χ3v) is 5.50. The number of aryl methyl sites for hydroxylation is 2. The quantitative estimate of drug-likeness (QED) is 0.688. The normalized spacial score (nSPS) is 14.4. The van der Waals surface area contributed by atoms with Gasteiger partial charge in [0, 0.05) is 30.5 Å². The summed E-state index contributed by atoms with van der Waals surface area (Å²) >= 11 is 0. The van der Waals surface area contributed by atoms with Crippen LogP contribution in [-0.2, 0) is 4.79 Å². The summed E-state index contributed by atoms with van der Waals surface area (Å²) in [5, 5.41) is 7.33. The highest BCUT2D eigenvalue weighted by Crippen LogP contribution is 2.23. The molecule has 6 heteroatoms. The third-order valence-electron chi connectivity index (χ3n) is 5.50. The Morgan fingerprint density at radius 1 is 1.13 bits per heavy atom. The lowest BCUT2D eigenvalue weighted by Crippen LogP contribution is -2.36. The number of benzene rings is 2. The molecule has 0 atom stereocenters. The van der Waals surface area contributed by atoms with Gasteiger partial charge in [0.15, 0.2) is 0 Å². The average molecular weight is 404 g/mol. The lowest BCUT2D eigenvalue weighted by Gasteiger charge is -2.25. The van der Waals surface area contributed by atoms with E-state index in [4.69, 9.17) is 0 Å². The van der Waals surface area contributed by atoms with Gasteiger partial charge in [-0.15, -0.1) is 0 Å². The van der Waals surface area contributed by atoms with Crippen molar-refractivity contribution in [1.82, 2.24) is 14.7 Å². The van der Waals surface area contributed by atoms with Crippen molar-refractivity contribution in [3.8, 4) is 5.69 Å². The number of amides is 1. The van der Waals surface area contributed by atoms with Crippen molar-refractivity contribution in [3.63, 3.8) is 0 Å². The Morgan fingerprint density at radius 2 is 1.93 bits per heavy atom. The largest absolute Gasteiger partial charge is 0.325 e. The average Bonchev–Trinajstić information content (AvgIpc) is 3.22. The van der Waals surface area contributed by atoms with Crippen molar-refractivity contribution in [2.45, 2.75) is 20.3 Å². The maximum absolute atomic E-state index is 13.0. The molecule has 3 aromatic rings. The number of halogens is 1. The van der Waals surface area contributed by atoms with Gasteiger partial charge in [0.05, 0.1) is 18.4 Å². The van der Waals surface area contributed by atoms with Crippen LogP contribution in [0.15, 0.2) is 60.9 Å². The second-order valence-corrected chi connectivity index (χ2v) is 7.71. The predicted octanol–water partition coefficient (Wildman–Crippen LogP) is 4.36. The molecule has 1 aliphatic rings. The smallest absolute Gasteiger partial charge is 0.238 e. The molecule has 0 saturated carbocycles. The van der Waals surface area contributed by atoms with Gasteiger partial charge in [-0.2, -0.15) is 5.10 Å². The maximum Gasteiger partial charge on any atom is 0.238 e. The van der Waals surface area contributed by atoms with E-state index < -0.39 is 0 Å². The van der Waals surface area contributed by atoms with Crippen LogP contribution in [0.3, 0.4) is 0 Å². The number of nitrogens with one attached hydrogen (secondary N) is 1. The van der Waals surface area contributed by atoms with Crippen molar-refractivity contribution in [3.05, 3.63) is 83.4 Å². The highest BCUT2D eigenvalue weighted by molar-refractivity contribution is 5.92. The molecule has 0 aliphatic carbocycles. The van der Waals surface area contributed by atoms with E-state index in [9.17, 15) is 9.18 Å². The van der Waals surface area contributed by atoms with Crippen LogP contribution in [0.1, 0.15) is 23.1 Å². The van der Waals surface area contributed by atoms with Gasteiger partial charge in [-0.1, -0.05) is 12.1 Å². The van der Waals surface area contributed by atoms with Crippen LogP contribution < -0.4 is 5.32 Å². The Balaban J connectivity index is 1.35. The predicted molar refractivity (Wildman–Crippen MR) is 117 cm³/mol. The van der Waals surface area contributed by atoms with Crippen molar-refractivity contribution < 1.29 is 9.18 Å². The molecule has 0 bridgehead atoms. The highest BCUT2D eigenvalue weighted by Gasteiger charge is 2.17. The van der Waals surface area contributed by atoms with Crippen molar-refractivity contribution in [2.24, 2.45) is 0 Å². The molecule has 154 valence electrons. The van der Waals surface area contributed by atoms with Crippen molar-refractivity contribution >= 4 is 17.2 Å². The van der Waals surface area contributed by atoms with Gasteiger partial charge in [0.1, 0.15) is 5.82 Å². The topological polar surface area (TPSA) is 50.2 Å². The fraction of sp³-hybridized carbons (Fsp3) is 0.250. The van der Waals surface area contributed by atoms with Crippen LogP contribution in [0, 0.1) is 19.7 Å². The Bertz CT molecular complexity index is 1080. The molecule has 1 amide bonds. The van der Waals surface area contributed by atoms with Crippen LogP contribution in [0.5, 0.6) is 0 Å². The first kappa shape index (κ1) is 20.0. The van der Waals surface area contributed by atoms with Crippen LogP contribution in [-0.4, -0.2) is 40.2 Å². The Hall–Kier alpha value is -3.25. The lowest BCUT2D eigenvalue weighted by molar-refractivity contribution is -0.117. The van der Waals surface area contributed by atoms with E-state index in [0.717, 1.165) is 24.2 Å². The van der Waals surface area contributed by atoms with E-state index in [1.54, 1.807) is 12.1 Å². The number of carbonyl (C=O) groups is 1. The monoisotopic (exact) mass is 404 g/mol. The molecule has 0 saturated heterocycles. The summed E-state index contributed by atoms with van der Waals surface area (Å²) in [6, 6.07) is 12.1.